The Bertz CT molecular complexity index is 1200. The highest BCUT2D eigenvalue weighted by atomic mass is 32.2. The first-order chi connectivity index (χ1) is 17.5. The van der Waals surface area contributed by atoms with Gasteiger partial charge in [-0.25, -0.2) is 4.98 Å². The number of hydrogen-bond acceptors (Lipinski definition) is 5. The Hall–Kier alpha value is -2.99. The standard InChI is InChI=1S/C30H33NO4S/c1-20(17-30(32)33)22-7-9-24(10-8-22)34-19-21-5-6-23-3-2-4-28-26(27(23)18-21)11-12-29(31-28)35-25-13-15-36-16-14-25/h5-12,18,20,25H,2-4,13-17,19H2,1H3,(H,32,33). The number of carboxylic acid groups (broad SMARTS) is 1. The third kappa shape index (κ3) is 6.04. The SMILES string of the molecule is CC(CC(=O)O)c1ccc(OCc2ccc3c(c2)-c2ccc(OC4CCSCC4)nc2CCC3)cc1. The predicted octanol–water partition coefficient (Wildman–Crippen LogP) is 6.67. The molecule has 1 saturated heterocycles. The van der Waals surface area contributed by atoms with Crippen molar-refractivity contribution < 1.29 is 19.4 Å². The monoisotopic (exact) mass is 503 g/mol. The lowest BCUT2D eigenvalue weighted by molar-refractivity contribution is -0.137. The van der Waals surface area contributed by atoms with Crippen molar-refractivity contribution in [2.45, 2.75) is 64.1 Å². The average Bonchev–Trinajstić information content (AvgIpc) is 3.06. The number of thioether (sulfide) groups is 1. The number of pyridine rings is 1. The van der Waals surface area contributed by atoms with E-state index in [2.05, 4.69) is 24.3 Å². The van der Waals surface area contributed by atoms with Gasteiger partial charge in [0.25, 0.3) is 0 Å². The van der Waals surface area contributed by atoms with Gasteiger partial charge < -0.3 is 14.6 Å². The molecule has 1 aliphatic carbocycles. The molecule has 1 unspecified atom stereocenters. The zero-order chi connectivity index (χ0) is 24.9. The molecule has 1 N–H and O–H groups in total. The van der Waals surface area contributed by atoms with E-state index in [9.17, 15) is 4.79 Å². The smallest absolute Gasteiger partial charge is 0.303 e. The average molecular weight is 504 g/mol. The second kappa shape index (κ2) is 11.4. The Morgan fingerprint density at radius 1 is 1.06 bits per heavy atom. The summed E-state index contributed by atoms with van der Waals surface area (Å²) < 4.78 is 12.3. The van der Waals surface area contributed by atoms with Gasteiger partial charge in [0, 0.05) is 11.6 Å². The van der Waals surface area contributed by atoms with E-state index < -0.39 is 5.97 Å². The van der Waals surface area contributed by atoms with Gasteiger partial charge in [0.2, 0.25) is 5.88 Å². The van der Waals surface area contributed by atoms with Crippen molar-refractivity contribution in [3.05, 3.63) is 77.0 Å². The van der Waals surface area contributed by atoms with Crippen molar-refractivity contribution in [2.24, 2.45) is 0 Å². The fourth-order valence-corrected chi connectivity index (χ4v) is 6.08. The van der Waals surface area contributed by atoms with Crippen LogP contribution in [0, 0.1) is 0 Å². The first-order valence-electron chi connectivity index (χ1n) is 12.9. The third-order valence-electron chi connectivity index (χ3n) is 7.06. The Morgan fingerprint density at radius 3 is 2.64 bits per heavy atom. The lowest BCUT2D eigenvalue weighted by Gasteiger charge is -2.22. The van der Waals surface area contributed by atoms with Crippen LogP contribution in [0.3, 0.4) is 0 Å². The molecule has 36 heavy (non-hydrogen) atoms. The molecule has 1 aromatic heterocycles. The maximum absolute atomic E-state index is 11.0. The molecule has 0 radical (unpaired) electrons. The number of hydrogen-bond donors (Lipinski definition) is 1. The zero-order valence-corrected chi connectivity index (χ0v) is 21.6. The summed E-state index contributed by atoms with van der Waals surface area (Å²) in [6.45, 7) is 2.40. The summed E-state index contributed by atoms with van der Waals surface area (Å²) in [7, 11) is 0. The van der Waals surface area contributed by atoms with Crippen LogP contribution in [0.2, 0.25) is 0 Å². The minimum absolute atomic E-state index is 0.0256. The summed E-state index contributed by atoms with van der Waals surface area (Å²) in [6, 6.07) is 18.6. The van der Waals surface area contributed by atoms with Crippen molar-refractivity contribution in [1.29, 1.82) is 0 Å². The van der Waals surface area contributed by atoms with Gasteiger partial charge in [0.15, 0.2) is 0 Å². The van der Waals surface area contributed by atoms with Crippen molar-refractivity contribution >= 4 is 17.7 Å². The number of ether oxygens (including phenoxy) is 2. The van der Waals surface area contributed by atoms with Crippen LogP contribution >= 0.6 is 11.8 Å². The second-order valence-electron chi connectivity index (χ2n) is 9.77. The van der Waals surface area contributed by atoms with E-state index in [0.29, 0.717) is 6.61 Å². The molecule has 1 fully saturated rings. The molecule has 0 amide bonds. The van der Waals surface area contributed by atoms with Gasteiger partial charge in [-0.2, -0.15) is 11.8 Å². The Kier molecular flexibility index (Phi) is 7.81. The summed E-state index contributed by atoms with van der Waals surface area (Å²) in [6.07, 6.45) is 5.68. The van der Waals surface area contributed by atoms with Crippen LogP contribution in [-0.2, 0) is 24.2 Å². The van der Waals surface area contributed by atoms with E-state index in [1.54, 1.807) is 0 Å². The molecule has 0 spiro atoms. The highest BCUT2D eigenvalue weighted by Crippen LogP contribution is 2.34. The van der Waals surface area contributed by atoms with Gasteiger partial charge in [0.05, 0.1) is 12.1 Å². The fraction of sp³-hybridized carbons (Fsp3) is 0.400. The maximum atomic E-state index is 11.0. The summed E-state index contributed by atoms with van der Waals surface area (Å²) in [5.74, 6) is 3.07. The van der Waals surface area contributed by atoms with E-state index in [-0.39, 0.29) is 18.4 Å². The molecular formula is C30H33NO4S. The van der Waals surface area contributed by atoms with E-state index >= 15 is 0 Å². The van der Waals surface area contributed by atoms with Crippen LogP contribution in [0.4, 0.5) is 0 Å². The molecule has 0 bridgehead atoms. The van der Waals surface area contributed by atoms with Crippen molar-refractivity contribution in [3.8, 4) is 22.8 Å². The number of carboxylic acids is 1. The summed E-state index contributed by atoms with van der Waals surface area (Å²) in [4.78, 5) is 15.9. The van der Waals surface area contributed by atoms with Crippen LogP contribution in [0.5, 0.6) is 11.6 Å². The number of aromatic nitrogens is 1. The van der Waals surface area contributed by atoms with Gasteiger partial charge in [-0.1, -0.05) is 31.2 Å². The van der Waals surface area contributed by atoms with Crippen LogP contribution in [0.15, 0.2) is 54.6 Å². The molecule has 6 heteroatoms. The lowest BCUT2D eigenvalue weighted by atomic mass is 9.97. The van der Waals surface area contributed by atoms with Gasteiger partial charge in [0.1, 0.15) is 18.5 Å². The van der Waals surface area contributed by atoms with Crippen molar-refractivity contribution in [2.75, 3.05) is 11.5 Å². The molecule has 5 rings (SSSR count). The Balaban J connectivity index is 1.28. The van der Waals surface area contributed by atoms with Gasteiger partial charge in [-0.15, -0.1) is 0 Å². The summed E-state index contributed by atoms with van der Waals surface area (Å²) in [5, 5.41) is 9.02. The molecule has 3 aromatic rings. The summed E-state index contributed by atoms with van der Waals surface area (Å²) >= 11 is 2.00. The third-order valence-corrected chi connectivity index (χ3v) is 8.11. The number of carbonyl (C=O) groups is 1. The number of nitrogens with zero attached hydrogens (tertiary/aromatic N) is 1. The number of fused-ring (bicyclic) bond motifs is 3. The van der Waals surface area contributed by atoms with Gasteiger partial charge in [-0.3, -0.25) is 4.79 Å². The first kappa shape index (κ1) is 24.7. The number of benzene rings is 2. The Labute approximate surface area is 217 Å². The molecule has 188 valence electrons. The molecule has 2 aromatic carbocycles. The topological polar surface area (TPSA) is 68.7 Å². The molecule has 1 atom stereocenters. The van der Waals surface area contributed by atoms with E-state index in [4.69, 9.17) is 19.6 Å². The van der Waals surface area contributed by atoms with E-state index in [1.807, 2.05) is 49.0 Å². The van der Waals surface area contributed by atoms with Crippen molar-refractivity contribution in [3.63, 3.8) is 0 Å². The highest BCUT2D eigenvalue weighted by Gasteiger charge is 2.20. The predicted molar refractivity (Wildman–Crippen MR) is 144 cm³/mol. The molecule has 5 nitrogen and oxygen atoms in total. The molecule has 0 saturated carbocycles. The lowest BCUT2D eigenvalue weighted by Crippen LogP contribution is -2.22. The van der Waals surface area contributed by atoms with E-state index in [0.717, 1.165) is 60.6 Å². The minimum Gasteiger partial charge on any atom is -0.489 e. The van der Waals surface area contributed by atoms with Crippen LogP contribution < -0.4 is 9.47 Å². The van der Waals surface area contributed by atoms with Gasteiger partial charge in [-0.05, 0) is 96.0 Å². The Morgan fingerprint density at radius 2 is 1.86 bits per heavy atom. The number of rotatable bonds is 8. The molecule has 1 aliphatic heterocycles. The number of aryl methyl sites for hydroxylation is 2. The molecule has 2 heterocycles. The normalized spacial score (nSPS) is 16.4. The largest absolute Gasteiger partial charge is 0.489 e. The fourth-order valence-electron chi connectivity index (χ4n) is 5.01. The highest BCUT2D eigenvalue weighted by molar-refractivity contribution is 7.99. The van der Waals surface area contributed by atoms with Crippen LogP contribution in [-0.4, -0.2) is 33.7 Å². The van der Waals surface area contributed by atoms with E-state index in [1.165, 1.54) is 28.2 Å². The minimum atomic E-state index is -0.782. The zero-order valence-electron chi connectivity index (χ0n) is 20.7. The maximum Gasteiger partial charge on any atom is 0.303 e. The second-order valence-corrected chi connectivity index (χ2v) is 11.0. The van der Waals surface area contributed by atoms with Crippen LogP contribution in [0.1, 0.15) is 60.9 Å². The summed E-state index contributed by atoms with van der Waals surface area (Å²) in [5.41, 5.74) is 7.05. The first-order valence-corrected chi connectivity index (χ1v) is 14.0. The van der Waals surface area contributed by atoms with Gasteiger partial charge >= 0.3 is 5.97 Å². The molecule has 2 aliphatic rings. The van der Waals surface area contributed by atoms with Crippen LogP contribution in [0.25, 0.3) is 11.1 Å². The van der Waals surface area contributed by atoms with Crippen molar-refractivity contribution in [1.82, 2.24) is 4.98 Å². The quantitative estimate of drug-likeness (QED) is 0.370. The number of aliphatic carboxylic acids is 1. The molecular weight excluding hydrogens is 470 g/mol.